The van der Waals surface area contributed by atoms with Crippen LogP contribution >= 0.6 is 0 Å². The zero-order chi connectivity index (χ0) is 19.3. The number of carbonyl (C=O) groups excluding carboxylic acids is 2. The van der Waals surface area contributed by atoms with Gasteiger partial charge >= 0.3 is 5.97 Å². The first-order valence-corrected chi connectivity index (χ1v) is 7.31. The summed E-state index contributed by atoms with van der Waals surface area (Å²) in [5.41, 5.74) is -0.256. The number of carboxylic acids is 1. The summed E-state index contributed by atoms with van der Waals surface area (Å²) in [5.74, 6) is -3.70. The van der Waals surface area contributed by atoms with E-state index in [2.05, 4.69) is 0 Å². The van der Waals surface area contributed by atoms with E-state index in [1.165, 1.54) is 48.3 Å². The largest absolute Gasteiger partial charge is 0.477 e. The van der Waals surface area contributed by atoms with Crippen molar-refractivity contribution in [3.05, 3.63) is 71.9 Å². The van der Waals surface area contributed by atoms with E-state index in [0.717, 1.165) is 18.3 Å². The molecule has 26 heavy (non-hydrogen) atoms. The number of hydrogen-bond donors (Lipinski definition) is 1. The van der Waals surface area contributed by atoms with E-state index in [0.29, 0.717) is 10.6 Å². The number of hydrogen-bond acceptors (Lipinski definition) is 4. The van der Waals surface area contributed by atoms with Gasteiger partial charge in [-0.1, -0.05) is 0 Å². The number of aliphatic carboxylic acids is 1. The van der Waals surface area contributed by atoms with Crippen LogP contribution in [0.1, 0.15) is 0 Å². The Labute approximate surface area is 147 Å². The topological polar surface area (TPSA) is 77.9 Å². The molecule has 0 fully saturated rings. The molecule has 2 aromatic rings. The highest BCUT2D eigenvalue weighted by molar-refractivity contribution is 6.26. The number of carboxylic acid groups (broad SMARTS) is 1. The molecule has 0 aliphatic rings. The van der Waals surface area contributed by atoms with Crippen LogP contribution in [0.5, 0.6) is 0 Å². The van der Waals surface area contributed by atoms with Crippen molar-refractivity contribution in [1.29, 1.82) is 0 Å². The number of rotatable bonds is 6. The summed E-state index contributed by atoms with van der Waals surface area (Å²) in [7, 11) is 1.46. The van der Waals surface area contributed by atoms with E-state index in [1.54, 1.807) is 0 Å². The van der Waals surface area contributed by atoms with E-state index in [1.807, 2.05) is 0 Å². The molecule has 2 aromatic carbocycles. The fourth-order valence-electron chi connectivity index (χ4n) is 2.10. The van der Waals surface area contributed by atoms with Crippen LogP contribution < -0.4 is 9.80 Å². The number of anilines is 2. The van der Waals surface area contributed by atoms with Gasteiger partial charge in [-0.15, -0.1) is 0 Å². The third-order valence-corrected chi connectivity index (χ3v) is 3.45. The number of amides is 2. The quantitative estimate of drug-likeness (QED) is 0.371. The minimum Gasteiger partial charge on any atom is -0.477 e. The molecular weight excluding hydrogens is 346 g/mol. The van der Waals surface area contributed by atoms with Crippen LogP contribution in [0.4, 0.5) is 20.2 Å². The monoisotopic (exact) mass is 360 g/mol. The van der Waals surface area contributed by atoms with Crippen molar-refractivity contribution < 1.29 is 28.3 Å². The summed E-state index contributed by atoms with van der Waals surface area (Å²) in [6, 6.07) is 9.56. The van der Waals surface area contributed by atoms with Gasteiger partial charge in [0, 0.05) is 18.9 Å². The van der Waals surface area contributed by atoms with Gasteiger partial charge in [-0.25, -0.2) is 18.5 Å². The van der Waals surface area contributed by atoms with E-state index in [4.69, 9.17) is 0 Å². The van der Waals surface area contributed by atoms with Crippen molar-refractivity contribution >= 4 is 29.7 Å². The highest BCUT2D eigenvalue weighted by Crippen LogP contribution is 2.18. The van der Waals surface area contributed by atoms with E-state index >= 15 is 0 Å². The molecule has 0 aliphatic carbocycles. The fraction of sp³-hybridized carbons (Fsp3) is 0.0556. The molecule has 0 unspecified atom stereocenters. The highest BCUT2D eigenvalue weighted by atomic mass is 19.1. The third-order valence-electron chi connectivity index (χ3n) is 3.45. The van der Waals surface area contributed by atoms with Gasteiger partial charge < -0.3 is 10.0 Å². The lowest BCUT2D eigenvalue weighted by atomic mass is 10.2. The van der Waals surface area contributed by atoms with Crippen LogP contribution in [0.15, 0.2) is 60.3 Å². The van der Waals surface area contributed by atoms with Gasteiger partial charge in [0.1, 0.15) is 17.2 Å². The van der Waals surface area contributed by atoms with Crippen LogP contribution in [0.3, 0.4) is 0 Å². The molecule has 0 atom stereocenters. The second-order valence-corrected chi connectivity index (χ2v) is 5.19. The predicted octanol–water partition coefficient (Wildman–Crippen LogP) is 2.56. The molecule has 0 aromatic heterocycles. The normalized spacial score (nSPS) is 11.0. The van der Waals surface area contributed by atoms with Crippen molar-refractivity contribution in [2.75, 3.05) is 16.8 Å². The Morgan fingerprint density at radius 2 is 1.38 bits per heavy atom. The Bertz CT molecular complexity index is 848. The van der Waals surface area contributed by atoms with Crippen molar-refractivity contribution in [1.82, 2.24) is 0 Å². The Hall–Kier alpha value is -3.55. The number of benzene rings is 2. The molecule has 0 spiro atoms. The Balaban J connectivity index is 2.36. The average molecular weight is 360 g/mol. The minimum absolute atomic E-state index is 0.0167. The predicted molar refractivity (Wildman–Crippen MR) is 90.5 cm³/mol. The van der Waals surface area contributed by atoms with Gasteiger partial charge in [-0.2, -0.15) is 0 Å². The molecule has 0 bridgehead atoms. The first-order valence-electron chi connectivity index (χ1n) is 7.31. The van der Waals surface area contributed by atoms with Gasteiger partial charge in [-0.3, -0.25) is 9.59 Å². The number of halogens is 2. The van der Waals surface area contributed by atoms with Crippen LogP contribution in [-0.2, 0) is 14.4 Å². The minimum atomic E-state index is -1.56. The number of nitrogens with zero attached hydrogens (tertiary/aromatic N) is 2. The molecule has 6 nitrogen and oxygen atoms in total. The number of carbonyl (C=O) groups is 3. The maximum Gasteiger partial charge on any atom is 0.342 e. The molecule has 0 aliphatic heterocycles. The zero-order valence-electron chi connectivity index (χ0n) is 13.6. The summed E-state index contributed by atoms with van der Waals surface area (Å²) < 4.78 is 26.0. The smallest absolute Gasteiger partial charge is 0.342 e. The number of imide groups is 1. The van der Waals surface area contributed by atoms with Crippen molar-refractivity contribution in [3.8, 4) is 0 Å². The van der Waals surface area contributed by atoms with Gasteiger partial charge in [0.2, 0.25) is 6.41 Å². The zero-order valence-corrected chi connectivity index (χ0v) is 13.6. The molecule has 1 N–H and O–H groups in total. The van der Waals surface area contributed by atoms with Crippen LogP contribution in [0.25, 0.3) is 0 Å². The van der Waals surface area contributed by atoms with Crippen LogP contribution in [-0.4, -0.2) is 30.4 Å². The first kappa shape index (κ1) is 18.8. The fourth-order valence-corrected chi connectivity index (χ4v) is 2.10. The van der Waals surface area contributed by atoms with Gasteiger partial charge in [0.25, 0.3) is 5.91 Å². The van der Waals surface area contributed by atoms with Gasteiger partial charge in [0.15, 0.2) is 0 Å². The summed E-state index contributed by atoms with van der Waals surface area (Å²) in [5, 5.41) is 9.34. The second kappa shape index (κ2) is 8.02. The van der Waals surface area contributed by atoms with E-state index in [9.17, 15) is 28.3 Å². The summed E-state index contributed by atoms with van der Waals surface area (Å²) >= 11 is 0. The van der Waals surface area contributed by atoms with E-state index < -0.39 is 29.1 Å². The van der Waals surface area contributed by atoms with Crippen molar-refractivity contribution in [3.63, 3.8) is 0 Å². The third kappa shape index (κ3) is 4.29. The average Bonchev–Trinajstić information content (AvgIpc) is 2.61. The maximum atomic E-state index is 13.0. The molecule has 2 amide bonds. The maximum absolute atomic E-state index is 13.0. The molecule has 0 saturated carbocycles. The van der Waals surface area contributed by atoms with Crippen LogP contribution in [0, 0.1) is 11.6 Å². The van der Waals surface area contributed by atoms with Crippen molar-refractivity contribution in [2.24, 2.45) is 0 Å². The lowest BCUT2D eigenvalue weighted by Crippen LogP contribution is -2.34. The molecule has 0 saturated heterocycles. The molecule has 0 heterocycles. The Kier molecular flexibility index (Phi) is 5.79. The highest BCUT2D eigenvalue weighted by Gasteiger charge is 2.25. The van der Waals surface area contributed by atoms with Crippen LogP contribution in [0.2, 0.25) is 0 Å². The standard InChI is InChI=1S/C18H14F2N2O4/c1-21(14-6-2-12(19)3-7-14)10-16(18(25)26)17(24)22(11-23)15-8-4-13(20)5-9-15/h2-11H,1H3,(H,25,26)/b16-10+. The summed E-state index contributed by atoms with van der Waals surface area (Å²) in [6.07, 6.45) is 1.15. The molecular formula is C18H14F2N2O4. The molecule has 0 radical (unpaired) electrons. The molecule has 134 valence electrons. The molecule has 2 rings (SSSR count). The van der Waals surface area contributed by atoms with Crippen molar-refractivity contribution in [2.45, 2.75) is 0 Å². The van der Waals surface area contributed by atoms with Gasteiger partial charge in [-0.05, 0) is 48.5 Å². The SMILES string of the molecule is CN(/C=C(/C(=O)O)C(=O)N(C=O)c1ccc(F)cc1)c1ccc(F)cc1. The Morgan fingerprint density at radius 3 is 1.81 bits per heavy atom. The second-order valence-electron chi connectivity index (χ2n) is 5.19. The summed E-state index contributed by atoms with van der Waals surface area (Å²) in [6.45, 7) is 0. The lowest BCUT2D eigenvalue weighted by Gasteiger charge is -2.19. The Morgan fingerprint density at radius 1 is 0.923 bits per heavy atom. The van der Waals surface area contributed by atoms with E-state index in [-0.39, 0.29) is 12.1 Å². The van der Waals surface area contributed by atoms with Gasteiger partial charge in [0.05, 0.1) is 5.69 Å². The lowest BCUT2D eigenvalue weighted by molar-refractivity contribution is -0.134. The molecule has 8 heteroatoms. The summed E-state index contributed by atoms with van der Waals surface area (Å²) in [4.78, 5) is 37.1. The first-order chi connectivity index (χ1) is 12.3.